The Labute approximate surface area is 119 Å². The average Bonchev–Trinajstić information content (AvgIpc) is 2.39. The lowest BCUT2D eigenvalue weighted by molar-refractivity contribution is 0.277. The molecule has 2 N–H and O–H groups in total. The number of nitrogens with zero attached hydrogens (tertiary/aromatic N) is 3. The van der Waals surface area contributed by atoms with Gasteiger partial charge in [0.25, 0.3) is 10.0 Å². The molecule has 0 aromatic carbocycles. The third kappa shape index (κ3) is 3.42. The van der Waals surface area contributed by atoms with Crippen LogP contribution in [0.25, 0.3) is 0 Å². The van der Waals surface area contributed by atoms with E-state index in [2.05, 4.69) is 9.97 Å². The van der Waals surface area contributed by atoms with Crippen molar-refractivity contribution < 1.29 is 8.42 Å². The smallest absolute Gasteiger partial charge is 0.262 e. The molecule has 1 aliphatic rings. The van der Waals surface area contributed by atoms with Gasteiger partial charge in [-0.05, 0) is 32.2 Å². The van der Waals surface area contributed by atoms with Gasteiger partial charge in [0.1, 0.15) is 0 Å². The Balaban J connectivity index is 0.00000180. The second-order valence-corrected chi connectivity index (χ2v) is 6.38. The predicted molar refractivity (Wildman–Crippen MR) is 74.6 cm³/mol. The van der Waals surface area contributed by atoms with Gasteiger partial charge in [0.05, 0.1) is 5.69 Å². The van der Waals surface area contributed by atoms with Crippen LogP contribution in [0.5, 0.6) is 0 Å². The maximum absolute atomic E-state index is 12.4. The van der Waals surface area contributed by atoms with Crippen LogP contribution in [0.1, 0.15) is 18.5 Å². The Bertz CT molecular complexity index is 515. The van der Waals surface area contributed by atoms with Gasteiger partial charge >= 0.3 is 0 Å². The van der Waals surface area contributed by atoms with Crippen molar-refractivity contribution in [2.45, 2.75) is 24.8 Å². The molecule has 0 unspecified atom stereocenters. The monoisotopic (exact) mass is 306 g/mol. The molecule has 1 fully saturated rings. The highest BCUT2D eigenvalue weighted by molar-refractivity contribution is 7.89. The number of sulfonamides is 1. The lowest BCUT2D eigenvalue weighted by Crippen LogP contribution is -2.40. The molecule has 0 radical (unpaired) electrons. The highest BCUT2D eigenvalue weighted by Crippen LogP contribution is 2.22. The van der Waals surface area contributed by atoms with E-state index < -0.39 is 10.0 Å². The lowest BCUT2D eigenvalue weighted by Gasteiger charge is -2.30. The predicted octanol–water partition coefficient (Wildman–Crippen LogP) is 0.566. The molecule has 0 atom stereocenters. The van der Waals surface area contributed by atoms with Gasteiger partial charge in [0.2, 0.25) is 0 Å². The van der Waals surface area contributed by atoms with Crippen LogP contribution in [0.3, 0.4) is 0 Å². The molecular weight excluding hydrogens is 288 g/mol. The molecule has 1 saturated heterocycles. The highest BCUT2D eigenvalue weighted by Gasteiger charge is 2.31. The molecule has 1 aliphatic heterocycles. The summed E-state index contributed by atoms with van der Waals surface area (Å²) in [6.45, 7) is 3.31. The maximum Gasteiger partial charge on any atom is 0.262 e. The lowest BCUT2D eigenvalue weighted by atomic mass is 9.99. The number of aromatic nitrogens is 2. The van der Waals surface area contributed by atoms with Crippen molar-refractivity contribution in [2.24, 2.45) is 11.7 Å². The van der Waals surface area contributed by atoms with E-state index in [9.17, 15) is 8.42 Å². The third-order valence-corrected chi connectivity index (χ3v) is 5.26. The second kappa shape index (κ2) is 6.60. The zero-order chi connectivity index (χ0) is 13.2. The zero-order valence-corrected chi connectivity index (χ0v) is 12.5. The van der Waals surface area contributed by atoms with Crippen molar-refractivity contribution >= 4 is 22.4 Å². The molecule has 2 rings (SSSR count). The molecule has 0 spiro atoms. The van der Waals surface area contributed by atoms with Crippen LogP contribution in [0.2, 0.25) is 0 Å². The van der Waals surface area contributed by atoms with Gasteiger partial charge < -0.3 is 5.73 Å². The summed E-state index contributed by atoms with van der Waals surface area (Å²) in [4.78, 5) is 7.93. The number of nitrogens with two attached hydrogens (primary N) is 1. The van der Waals surface area contributed by atoms with E-state index in [0.717, 1.165) is 12.8 Å². The van der Waals surface area contributed by atoms with Crippen molar-refractivity contribution in [2.75, 3.05) is 19.6 Å². The SMILES string of the molecule is Cc1nccnc1S(=O)(=O)N1CCC(CN)CC1.Cl. The first-order valence-electron chi connectivity index (χ1n) is 6.03. The van der Waals surface area contributed by atoms with E-state index >= 15 is 0 Å². The van der Waals surface area contributed by atoms with E-state index in [1.165, 1.54) is 16.7 Å². The van der Waals surface area contributed by atoms with E-state index in [0.29, 0.717) is 31.2 Å². The first kappa shape index (κ1) is 16.3. The molecule has 6 nitrogen and oxygen atoms in total. The first-order valence-corrected chi connectivity index (χ1v) is 7.47. The van der Waals surface area contributed by atoms with Crippen LogP contribution < -0.4 is 5.73 Å². The van der Waals surface area contributed by atoms with Crippen LogP contribution in [0.15, 0.2) is 17.4 Å². The molecule has 0 aliphatic carbocycles. The summed E-state index contributed by atoms with van der Waals surface area (Å²) >= 11 is 0. The Morgan fingerprint density at radius 3 is 2.42 bits per heavy atom. The fourth-order valence-corrected chi connectivity index (χ4v) is 3.71. The summed E-state index contributed by atoms with van der Waals surface area (Å²) < 4.78 is 26.3. The highest BCUT2D eigenvalue weighted by atomic mass is 35.5. The normalized spacial score (nSPS) is 18.0. The van der Waals surface area contributed by atoms with E-state index in [-0.39, 0.29) is 17.4 Å². The van der Waals surface area contributed by atoms with Gasteiger partial charge in [0, 0.05) is 25.5 Å². The maximum atomic E-state index is 12.4. The molecule has 2 heterocycles. The van der Waals surface area contributed by atoms with Crippen LogP contribution in [-0.2, 0) is 10.0 Å². The van der Waals surface area contributed by atoms with Gasteiger partial charge in [-0.3, -0.25) is 4.98 Å². The van der Waals surface area contributed by atoms with Crippen molar-refractivity contribution in [1.82, 2.24) is 14.3 Å². The number of hydrogen-bond donors (Lipinski definition) is 1. The largest absolute Gasteiger partial charge is 0.330 e. The van der Waals surface area contributed by atoms with Crippen LogP contribution in [-0.4, -0.2) is 42.3 Å². The summed E-state index contributed by atoms with van der Waals surface area (Å²) in [5, 5.41) is 0.0659. The topological polar surface area (TPSA) is 89.2 Å². The fraction of sp³-hybridized carbons (Fsp3) is 0.636. The Hall–Kier alpha value is -0.760. The van der Waals surface area contributed by atoms with Crippen molar-refractivity contribution in [1.29, 1.82) is 0 Å². The van der Waals surface area contributed by atoms with Crippen LogP contribution in [0.4, 0.5) is 0 Å². The van der Waals surface area contributed by atoms with E-state index in [1.54, 1.807) is 6.92 Å². The fourth-order valence-electron chi connectivity index (χ4n) is 2.16. The molecule has 1 aromatic heterocycles. The third-order valence-electron chi connectivity index (χ3n) is 3.33. The summed E-state index contributed by atoms with van der Waals surface area (Å²) in [7, 11) is -3.51. The number of rotatable bonds is 3. The van der Waals surface area contributed by atoms with Gasteiger partial charge in [-0.25, -0.2) is 13.4 Å². The number of aryl methyl sites for hydroxylation is 1. The minimum Gasteiger partial charge on any atom is -0.330 e. The molecule has 0 saturated carbocycles. The molecule has 0 amide bonds. The molecule has 0 bridgehead atoms. The standard InChI is InChI=1S/C11H18N4O2S.ClH/c1-9-11(14-5-4-13-9)18(16,17)15-6-2-10(8-12)3-7-15;/h4-5,10H,2-3,6-8,12H2,1H3;1H. The van der Waals surface area contributed by atoms with Gasteiger partial charge in [-0.1, -0.05) is 0 Å². The van der Waals surface area contributed by atoms with Crippen molar-refractivity contribution in [3.8, 4) is 0 Å². The quantitative estimate of drug-likeness (QED) is 0.881. The van der Waals surface area contributed by atoms with Crippen molar-refractivity contribution in [3.05, 3.63) is 18.1 Å². The molecule has 108 valence electrons. The number of halogens is 1. The first-order chi connectivity index (χ1) is 8.55. The summed E-state index contributed by atoms with van der Waals surface area (Å²) in [5.74, 6) is 0.430. The Morgan fingerprint density at radius 1 is 1.32 bits per heavy atom. The van der Waals surface area contributed by atoms with Gasteiger partial charge in [-0.2, -0.15) is 4.31 Å². The Kier molecular flexibility index (Phi) is 5.66. The van der Waals surface area contributed by atoms with Crippen LogP contribution >= 0.6 is 12.4 Å². The summed E-state index contributed by atoms with van der Waals surface area (Å²) in [5.41, 5.74) is 6.05. The van der Waals surface area contributed by atoms with Gasteiger partial charge in [-0.15, -0.1) is 12.4 Å². The minimum atomic E-state index is -3.51. The zero-order valence-electron chi connectivity index (χ0n) is 10.8. The van der Waals surface area contributed by atoms with E-state index in [4.69, 9.17) is 5.73 Å². The minimum absolute atomic E-state index is 0. The molecular formula is C11H19ClN4O2S. The van der Waals surface area contributed by atoms with E-state index in [1.807, 2.05) is 0 Å². The molecule has 8 heteroatoms. The second-order valence-electron chi connectivity index (χ2n) is 4.53. The van der Waals surface area contributed by atoms with Crippen molar-refractivity contribution in [3.63, 3.8) is 0 Å². The summed E-state index contributed by atoms with van der Waals surface area (Å²) in [6.07, 6.45) is 4.53. The molecule has 1 aromatic rings. The molecule has 19 heavy (non-hydrogen) atoms. The van der Waals surface area contributed by atoms with Gasteiger partial charge in [0.15, 0.2) is 5.03 Å². The Morgan fingerprint density at radius 2 is 1.89 bits per heavy atom. The number of hydrogen-bond acceptors (Lipinski definition) is 5. The summed E-state index contributed by atoms with van der Waals surface area (Å²) in [6, 6.07) is 0. The van der Waals surface area contributed by atoms with Crippen LogP contribution in [0, 0.1) is 12.8 Å². The number of piperidine rings is 1. The average molecular weight is 307 g/mol.